The van der Waals surface area contributed by atoms with E-state index in [1.54, 1.807) is 0 Å². The zero-order valence-electron chi connectivity index (χ0n) is 10.6. The van der Waals surface area contributed by atoms with Gasteiger partial charge in [0.1, 0.15) is 0 Å². The number of benzene rings is 2. The second-order valence-corrected chi connectivity index (χ2v) is 7.48. The van der Waals surface area contributed by atoms with Gasteiger partial charge < -0.3 is 0 Å². The maximum atomic E-state index is 11.9. The van der Waals surface area contributed by atoms with Gasteiger partial charge in [0, 0.05) is 0 Å². The average molecular weight is 349 g/mol. The summed E-state index contributed by atoms with van der Waals surface area (Å²) < 4.78 is 0.894. The predicted octanol–water partition coefficient (Wildman–Crippen LogP) is 3.46. The van der Waals surface area contributed by atoms with Gasteiger partial charge in [0.2, 0.25) is 0 Å². The van der Waals surface area contributed by atoms with Crippen LogP contribution in [0.25, 0.3) is 0 Å². The SMILES string of the molecule is O=C1C[C@H](c2ccccc2)[Se]C(c2cccc(Cl)c2)=N1. The van der Waals surface area contributed by atoms with Crippen molar-refractivity contribution in [3.05, 3.63) is 70.7 Å². The van der Waals surface area contributed by atoms with E-state index in [0.29, 0.717) is 11.4 Å². The first-order valence-electron chi connectivity index (χ1n) is 6.31. The third-order valence-corrected chi connectivity index (χ3v) is 5.99. The summed E-state index contributed by atoms with van der Waals surface area (Å²) in [5.74, 6) is -0.0399. The van der Waals surface area contributed by atoms with E-state index in [0.717, 1.165) is 10.2 Å². The van der Waals surface area contributed by atoms with Crippen LogP contribution >= 0.6 is 11.6 Å². The van der Waals surface area contributed by atoms with Gasteiger partial charge in [-0.15, -0.1) is 0 Å². The third kappa shape index (κ3) is 3.01. The van der Waals surface area contributed by atoms with Gasteiger partial charge >= 0.3 is 129 Å². The molecule has 20 heavy (non-hydrogen) atoms. The van der Waals surface area contributed by atoms with Crippen LogP contribution in [0.4, 0.5) is 0 Å². The van der Waals surface area contributed by atoms with Gasteiger partial charge in [-0.25, -0.2) is 0 Å². The Kier molecular flexibility index (Phi) is 4.02. The summed E-state index contributed by atoms with van der Waals surface area (Å²) in [6.07, 6.45) is 0.508. The molecule has 4 heteroatoms. The van der Waals surface area contributed by atoms with Crippen LogP contribution in [0.5, 0.6) is 0 Å². The number of halogens is 1. The molecule has 1 atom stereocenters. The first-order valence-corrected chi connectivity index (χ1v) is 8.54. The fourth-order valence-electron chi connectivity index (χ4n) is 2.13. The van der Waals surface area contributed by atoms with Crippen LogP contribution in [0.1, 0.15) is 22.4 Å². The summed E-state index contributed by atoms with van der Waals surface area (Å²) in [6.45, 7) is 0. The third-order valence-electron chi connectivity index (χ3n) is 3.08. The maximum absolute atomic E-state index is 11.9. The van der Waals surface area contributed by atoms with Crippen LogP contribution < -0.4 is 0 Å². The Morgan fingerprint density at radius 2 is 1.90 bits per heavy atom. The molecule has 2 nitrogen and oxygen atoms in total. The van der Waals surface area contributed by atoms with Crippen LogP contribution in [0.2, 0.25) is 5.02 Å². The number of rotatable bonds is 2. The number of hydrogen-bond donors (Lipinski definition) is 0. The van der Waals surface area contributed by atoms with Gasteiger partial charge in [-0.2, -0.15) is 0 Å². The van der Waals surface area contributed by atoms with Crippen molar-refractivity contribution in [3.63, 3.8) is 0 Å². The Labute approximate surface area is 129 Å². The predicted molar refractivity (Wildman–Crippen MR) is 82.6 cm³/mol. The molecule has 0 radical (unpaired) electrons. The molecule has 0 aromatic heterocycles. The van der Waals surface area contributed by atoms with Crippen molar-refractivity contribution in [2.75, 3.05) is 0 Å². The molecule has 0 spiro atoms. The Balaban J connectivity index is 1.92. The minimum absolute atomic E-state index is 0.0399. The Hall–Kier alpha value is -1.41. The van der Waals surface area contributed by atoms with E-state index in [9.17, 15) is 4.79 Å². The molecule has 0 N–H and O–H groups in total. The van der Waals surface area contributed by atoms with E-state index < -0.39 is 0 Å². The normalized spacial score (nSPS) is 18.8. The summed E-state index contributed by atoms with van der Waals surface area (Å²) in [4.78, 5) is 16.4. The Bertz CT molecular complexity index is 669. The molecule has 3 rings (SSSR count). The molecule has 0 bridgehead atoms. The van der Waals surface area contributed by atoms with Gasteiger partial charge in [0.15, 0.2) is 0 Å². The number of aliphatic imine (C=N–C) groups is 1. The molecule has 0 unspecified atom stereocenters. The molecule has 1 aliphatic heterocycles. The van der Waals surface area contributed by atoms with E-state index in [2.05, 4.69) is 17.1 Å². The Morgan fingerprint density at radius 1 is 1.10 bits per heavy atom. The average Bonchev–Trinajstić information content (AvgIpc) is 2.47. The van der Waals surface area contributed by atoms with Gasteiger partial charge in [0.05, 0.1) is 0 Å². The summed E-state index contributed by atoms with van der Waals surface area (Å²) in [5, 5.41) is 0.676. The molecule has 0 aliphatic carbocycles. The van der Waals surface area contributed by atoms with E-state index in [4.69, 9.17) is 11.6 Å². The van der Waals surface area contributed by atoms with Crippen molar-refractivity contribution < 1.29 is 4.79 Å². The molecule has 1 amide bonds. The van der Waals surface area contributed by atoms with E-state index in [1.807, 2.05) is 42.5 Å². The summed E-state index contributed by atoms with van der Waals surface area (Å²) >= 11 is 6.16. The van der Waals surface area contributed by atoms with Crippen LogP contribution in [0.3, 0.4) is 0 Å². The second kappa shape index (κ2) is 5.92. The molecular formula is C16H12ClNOSe. The molecule has 1 aliphatic rings. The first kappa shape index (κ1) is 13.6. The van der Waals surface area contributed by atoms with Crippen LogP contribution in [-0.2, 0) is 4.79 Å². The molecule has 1 heterocycles. The Morgan fingerprint density at radius 3 is 2.65 bits per heavy atom. The molecule has 0 saturated heterocycles. The van der Waals surface area contributed by atoms with E-state index in [-0.39, 0.29) is 25.7 Å². The zero-order valence-corrected chi connectivity index (χ0v) is 13.1. The van der Waals surface area contributed by atoms with Crippen LogP contribution in [0, 0.1) is 0 Å². The number of amides is 1. The van der Waals surface area contributed by atoms with Crippen molar-refractivity contribution >= 4 is 37.1 Å². The first-order chi connectivity index (χ1) is 9.72. The topological polar surface area (TPSA) is 29.4 Å². The molecule has 2 aromatic rings. The van der Waals surface area contributed by atoms with Gasteiger partial charge in [-0.05, 0) is 0 Å². The number of hydrogen-bond acceptors (Lipinski definition) is 1. The van der Waals surface area contributed by atoms with Gasteiger partial charge in [0.25, 0.3) is 0 Å². The van der Waals surface area contributed by atoms with Crippen molar-refractivity contribution in [1.82, 2.24) is 0 Å². The van der Waals surface area contributed by atoms with Crippen molar-refractivity contribution in [1.29, 1.82) is 0 Å². The molecular weight excluding hydrogens is 337 g/mol. The fourth-order valence-corrected chi connectivity index (χ4v) is 4.85. The summed E-state index contributed by atoms with van der Waals surface area (Å²) in [6, 6.07) is 17.8. The zero-order chi connectivity index (χ0) is 13.9. The molecule has 0 fully saturated rings. The summed E-state index contributed by atoms with van der Waals surface area (Å²) in [5.41, 5.74) is 2.18. The molecule has 100 valence electrons. The quantitative estimate of drug-likeness (QED) is 0.764. The van der Waals surface area contributed by atoms with Crippen LogP contribution in [0.15, 0.2) is 59.6 Å². The van der Waals surface area contributed by atoms with Gasteiger partial charge in [-0.1, -0.05) is 0 Å². The number of carbonyl (C=O) groups is 1. The molecule has 2 aromatic carbocycles. The second-order valence-electron chi connectivity index (χ2n) is 4.54. The minimum atomic E-state index is -0.0399. The van der Waals surface area contributed by atoms with Crippen molar-refractivity contribution in [2.24, 2.45) is 4.99 Å². The van der Waals surface area contributed by atoms with Crippen molar-refractivity contribution in [3.8, 4) is 0 Å². The van der Waals surface area contributed by atoms with Crippen LogP contribution in [-0.4, -0.2) is 25.5 Å². The number of carbonyl (C=O) groups excluding carboxylic acids is 1. The standard InChI is InChI=1S/C16H12ClNOSe/c17-13-8-4-7-12(9-13)16-18-15(19)10-14(20-16)11-5-2-1-3-6-11/h1-9,14H,10H2/t14-/m1/s1. The fraction of sp³-hybridized carbons (Fsp3) is 0.125. The molecule has 0 saturated carbocycles. The monoisotopic (exact) mass is 349 g/mol. The number of nitrogens with zero attached hydrogens (tertiary/aromatic N) is 1. The van der Waals surface area contributed by atoms with Crippen molar-refractivity contribution in [2.45, 2.75) is 11.2 Å². The van der Waals surface area contributed by atoms with E-state index >= 15 is 0 Å². The van der Waals surface area contributed by atoms with Gasteiger partial charge in [-0.3, -0.25) is 0 Å². The van der Waals surface area contributed by atoms with E-state index in [1.165, 1.54) is 5.56 Å². The summed E-state index contributed by atoms with van der Waals surface area (Å²) in [7, 11) is 0.